The van der Waals surface area contributed by atoms with Gasteiger partial charge in [-0.25, -0.2) is 4.39 Å². The molecule has 0 atom stereocenters. The molecule has 0 aliphatic rings. The van der Waals surface area contributed by atoms with Crippen LogP contribution in [-0.4, -0.2) is 23.0 Å². The maximum absolute atomic E-state index is 13.1. The standard InChI is InChI=1S/C14H14FNO3/c1-9-3-5-11(19-9)8-16(2)14(18)12-7-10(15)4-6-13(12)17/h3-7,17H,8H2,1-2H3. The van der Waals surface area contributed by atoms with Crippen molar-refractivity contribution in [2.24, 2.45) is 0 Å². The molecule has 0 saturated heterocycles. The Balaban J connectivity index is 2.16. The van der Waals surface area contributed by atoms with Gasteiger partial charge in [0.25, 0.3) is 5.91 Å². The normalized spacial score (nSPS) is 10.5. The largest absolute Gasteiger partial charge is 0.507 e. The van der Waals surface area contributed by atoms with Crippen LogP contribution in [0.25, 0.3) is 0 Å². The quantitative estimate of drug-likeness (QED) is 0.926. The van der Waals surface area contributed by atoms with Crippen molar-refractivity contribution in [1.29, 1.82) is 0 Å². The van der Waals surface area contributed by atoms with Crippen LogP contribution in [0.4, 0.5) is 4.39 Å². The van der Waals surface area contributed by atoms with Gasteiger partial charge in [0.05, 0.1) is 12.1 Å². The molecular formula is C14H14FNO3. The van der Waals surface area contributed by atoms with Gasteiger partial charge >= 0.3 is 0 Å². The molecular weight excluding hydrogens is 249 g/mol. The van der Waals surface area contributed by atoms with Crippen LogP contribution in [0.1, 0.15) is 21.9 Å². The van der Waals surface area contributed by atoms with Crippen LogP contribution in [0.5, 0.6) is 5.75 Å². The van der Waals surface area contributed by atoms with Gasteiger partial charge in [0.15, 0.2) is 0 Å². The van der Waals surface area contributed by atoms with E-state index in [9.17, 15) is 14.3 Å². The number of carbonyl (C=O) groups is 1. The smallest absolute Gasteiger partial charge is 0.257 e. The van der Waals surface area contributed by atoms with E-state index in [1.807, 2.05) is 6.92 Å². The van der Waals surface area contributed by atoms with Gasteiger partial charge in [-0.1, -0.05) is 0 Å². The van der Waals surface area contributed by atoms with Crippen LogP contribution in [0.2, 0.25) is 0 Å². The molecule has 1 aromatic carbocycles. The molecule has 0 spiro atoms. The number of hydrogen-bond donors (Lipinski definition) is 1. The van der Waals surface area contributed by atoms with Gasteiger partial charge in [0.2, 0.25) is 0 Å². The van der Waals surface area contributed by atoms with Crippen LogP contribution in [0.15, 0.2) is 34.7 Å². The first-order chi connectivity index (χ1) is 8.97. The first-order valence-electron chi connectivity index (χ1n) is 5.76. The highest BCUT2D eigenvalue weighted by molar-refractivity contribution is 5.96. The third-order valence-corrected chi connectivity index (χ3v) is 2.72. The fourth-order valence-corrected chi connectivity index (χ4v) is 1.76. The predicted molar refractivity (Wildman–Crippen MR) is 67.3 cm³/mol. The number of amides is 1. The molecule has 4 nitrogen and oxygen atoms in total. The van der Waals surface area contributed by atoms with E-state index in [-0.39, 0.29) is 17.9 Å². The Bertz CT molecular complexity index is 606. The van der Waals surface area contributed by atoms with E-state index >= 15 is 0 Å². The van der Waals surface area contributed by atoms with Crippen molar-refractivity contribution in [2.45, 2.75) is 13.5 Å². The minimum atomic E-state index is -0.566. The number of carbonyl (C=O) groups excluding carboxylic acids is 1. The number of aryl methyl sites for hydroxylation is 1. The second kappa shape index (κ2) is 5.14. The number of phenols is 1. The summed E-state index contributed by atoms with van der Waals surface area (Å²) in [5.41, 5.74) is -0.0641. The van der Waals surface area contributed by atoms with Crippen molar-refractivity contribution in [3.63, 3.8) is 0 Å². The van der Waals surface area contributed by atoms with Gasteiger partial charge in [-0.05, 0) is 37.3 Å². The van der Waals surface area contributed by atoms with E-state index in [0.29, 0.717) is 5.76 Å². The Kier molecular flexibility index (Phi) is 3.55. The topological polar surface area (TPSA) is 53.7 Å². The number of halogens is 1. The number of furan rings is 1. The third-order valence-electron chi connectivity index (χ3n) is 2.72. The first-order valence-corrected chi connectivity index (χ1v) is 5.76. The van der Waals surface area contributed by atoms with E-state index < -0.39 is 11.7 Å². The van der Waals surface area contributed by atoms with E-state index in [2.05, 4.69) is 0 Å². The molecule has 0 aliphatic carbocycles. The summed E-state index contributed by atoms with van der Waals surface area (Å²) in [6.45, 7) is 2.06. The monoisotopic (exact) mass is 263 g/mol. The fraction of sp³-hybridized carbons (Fsp3) is 0.214. The van der Waals surface area contributed by atoms with E-state index in [0.717, 1.165) is 24.0 Å². The zero-order chi connectivity index (χ0) is 14.0. The number of hydrogen-bond acceptors (Lipinski definition) is 3. The SMILES string of the molecule is Cc1ccc(CN(C)C(=O)c2cc(F)ccc2O)o1. The van der Waals surface area contributed by atoms with Crippen molar-refractivity contribution >= 4 is 5.91 Å². The molecule has 2 aromatic rings. The minimum Gasteiger partial charge on any atom is -0.507 e. The number of nitrogens with zero attached hydrogens (tertiary/aromatic N) is 1. The van der Waals surface area contributed by atoms with E-state index in [1.54, 1.807) is 19.2 Å². The second-order valence-corrected chi connectivity index (χ2v) is 4.34. The minimum absolute atomic E-state index is 0.0641. The first kappa shape index (κ1) is 13.1. The van der Waals surface area contributed by atoms with Crippen LogP contribution < -0.4 is 0 Å². The molecule has 2 rings (SSSR count). The lowest BCUT2D eigenvalue weighted by atomic mass is 10.1. The lowest BCUT2D eigenvalue weighted by Gasteiger charge is -2.16. The van der Waals surface area contributed by atoms with Crippen molar-refractivity contribution in [2.75, 3.05) is 7.05 Å². The highest BCUT2D eigenvalue weighted by Gasteiger charge is 2.17. The molecule has 1 amide bonds. The molecule has 19 heavy (non-hydrogen) atoms. The number of rotatable bonds is 3. The van der Waals surface area contributed by atoms with Crippen molar-refractivity contribution in [3.8, 4) is 5.75 Å². The molecule has 0 radical (unpaired) electrons. The summed E-state index contributed by atoms with van der Waals surface area (Å²) in [4.78, 5) is 13.4. The molecule has 100 valence electrons. The molecule has 0 fully saturated rings. The zero-order valence-electron chi connectivity index (χ0n) is 10.7. The van der Waals surface area contributed by atoms with Crippen molar-refractivity contribution < 1.29 is 18.7 Å². The molecule has 0 aliphatic heterocycles. The summed E-state index contributed by atoms with van der Waals surface area (Å²) < 4.78 is 18.5. The highest BCUT2D eigenvalue weighted by Crippen LogP contribution is 2.20. The molecule has 1 heterocycles. The fourth-order valence-electron chi connectivity index (χ4n) is 1.76. The number of phenolic OH excluding ortho intramolecular Hbond substituents is 1. The molecule has 0 saturated carbocycles. The number of benzene rings is 1. The Labute approximate surface area is 110 Å². The van der Waals surface area contributed by atoms with Gasteiger partial charge in [-0.15, -0.1) is 0 Å². The highest BCUT2D eigenvalue weighted by atomic mass is 19.1. The third kappa shape index (κ3) is 2.93. The summed E-state index contributed by atoms with van der Waals surface area (Å²) in [5.74, 6) is 0.108. The van der Waals surface area contributed by atoms with Gasteiger partial charge in [0, 0.05) is 7.05 Å². The van der Waals surface area contributed by atoms with Crippen LogP contribution in [0, 0.1) is 12.7 Å². The summed E-state index contributed by atoms with van der Waals surface area (Å²) in [7, 11) is 1.56. The molecule has 0 bridgehead atoms. The lowest BCUT2D eigenvalue weighted by molar-refractivity contribution is 0.0771. The van der Waals surface area contributed by atoms with Crippen molar-refractivity contribution in [3.05, 3.63) is 53.2 Å². The van der Waals surface area contributed by atoms with Gasteiger partial charge in [0.1, 0.15) is 23.1 Å². The average molecular weight is 263 g/mol. The second-order valence-electron chi connectivity index (χ2n) is 4.34. The number of aromatic hydroxyl groups is 1. The van der Waals surface area contributed by atoms with Crippen LogP contribution in [-0.2, 0) is 6.54 Å². The van der Waals surface area contributed by atoms with E-state index in [1.165, 1.54) is 4.90 Å². The van der Waals surface area contributed by atoms with Crippen LogP contribution >= 0.6 is 0 Å². The lowest BCUT2D eigenvalue weighted by Crippen LogP contribution is -2.26. The average Bonchev–Trinajstić information content (AvgIpc) is 2.77. The van der Waals surface area contributed by atoms with Gasteiger partial charge in [-0.3, -0.25) is 4.79 Å². The molecule has 5 heteroatoms. The maximum Gasteiger partial charge on any atom is 0.257 e. The van der Waals surface area contributed by atoms with Gasteiger partial charge < -0.3 is 14.4 Å². The zero-order valence-corrected chi connectivity index (χ0v) is 10.7. The van der Waals surface area contributed by atoms with Crippen molar-refractivity contribution in [1.82, 2.24) is 4.90 Å². The van der Waals surface area contributed by atoms with Crippen LogP contribution in [0.3, 0.4) is 0 Å². The summed E-state index contributed by atoms with van der Waals surface area (Å²) in [6, 6.07) is 6.84. The molecule has 0 unspecified atom stereocenters. The molecule has 1 N–H and O–H groups in total. The maximum atomic E-state index is 13.1. The Morgan fingerprint density at radius 1 is 1.37 bits per heavy atom. The summed E-state index contributed by atoms with van der Waals surface area (Å²) in [5, 5.41) is 9.59. The summed E-state index contributed by atoms with van der Waals surface area (Å²) in [6.07, 6.45) is 0. The Morgan fingerprint density at radius 2 is 2.11 bits per heavy atom. The summed E-state index contributed by atoms with van der Waals surface area (Å²) >= 11 is 0. The Hall–Kier alpha value is -2.30. The Morgan fingerprint density at radius 3 is 2.74 bits per heavy atom. The van der Waals surface area contributed by atoms with Gasteiger partial charge in [-0.2, -0.15) is 0 Å². The van der Waals surface area contributed by atoms with E-state index in [4.69, 9.17) is 4.42 Å². The molecule has 1 aromatic heterocycles. The predicted octanol–water partition coefficient (Wildman–Crippen LogP) is 2.70.